The highest BCUT2D eigenvalue weighted by atomic mass is 31.2. The summed E-state index contributed by atoms with van der Waals surface area (Å²) in [4.78, 5) is 49.5. The van der Waals surface area contributed by atoms with Gasteiger partial charge in [-0.2, -0.15) is 0 Å². The third-order valence-corrected chi connectivity index (χ3v) is 9.01. The molecule has 0 saturated heterocycles. The van der Waals surface area contributed by atoms with E-state index in [4.69, 9.17) is 4.74 Å². The van der Waals surface area contributed by atoms with Crippen LogP contribution in [0.5, 0.6) is 0 Å². The van der Waals surface area contributed by atoms with E-state index in [1.165, 1.54) is 0 Å². The minimum absolute atomic E-state index is 0.0170. The maximum atomic E-state index is 13.9. The van der Waals surface area contributed by atoms with E-state index in [0.717, 1.165) is 16.7 Å². The Morgan fingerprint density at radius 2 is 1.29 bits per heavy atom. The third-order valence-electron chi connectivity index (χ3n) is 6.76. The predicted octanol–water partition coefficient (Wildman–Crippen LogP) is 5.23. The number of rotatable bonds is 15. The molecule has 3 aromatic carbocycles. The van der Waals surface area contributed by atoms with Crippen LogP contribution in [-0.4, -0.2) is 46.0 Å². The number of carboxylic acids is 1. The summed E-state index contributed by atoms with van der Waals surface area (Å²) in [5, 5.41) is 14.9. The van der Waals surface area contributed by atoms with Gasteiger partial charge in [-0.25, -0.2) is 9.59 Å². The lowest BCUT2D eigenvalue weighted by Gasteiger charge is -2.28. The fourth-order valence-corrected chi connectivity index (χ4v) is 6.65. The minimum Gasteiger partial charge on any atom is -0.480 e. The van der Waals surface area contributed by atoms with Crippen molar-refractivity contribution in [3.05, 3.63) is 108 Å². The van der Waals surface area contributed by atoms with E-state index in [1.54, 1.807) is 60.7 Å². The van der Waals surface area contributed by atoms with E-state index in [2.05, 4.69) is 10.6 Å². The van der Waals surface area contributed by atoms with Crippen LogP contribution in [0, 0.1) is 11.8 Å². The summed E-state index contributed by atoms with van der Waals surface area (Å²) in [6.45, 7) is 3.74. The Bertz CT molecular complexity index is 1340. The van der Waals surface area contributed by atoms with E-state index in [0.29, 0.717) is 0 Å². The van der Waals surface area contributed by atoms with E-state index >= 15 is 0 Å². The zero-order chi connectivity index (χ0) is 30.5. The van der Waals surface area contributed by atoms with Gasteiger partial charge in [-0.05, 0) is 29.0 Å². The average Bonchev–Trinajstić information content (AvgIpc) is 2.96. The van der Waals surface area contributed by atoms with Crippen LogP contribution in [0.1, 0.15) is 37.0 Å². The van der Waals surface area contributed by atoms with Gasteiger partial charge in [-0.1, -0.05) is 105 Å². The second-order valence-corrected chi connectivity index (χ2v) is 13.3. The third kappa shape index (κ3) is 10.8. The number of ether oxygens (including phenoxy) is 1. The molecule has 224 valence electrons. The molecule has 2 unspecified atom stereocenters. The smallest absolute Gasteiger partial charge is 0.408 e. The molecule has 0 aliphatic rings. The maximum Gasteiger partial charge on any atom is 0.408 e. The molecule has 0 aromatic heterocycles. The van der Waals surface area contributed by atoms with Gasteiger partial charge in [0.25, 0.3) is 0 Å². The molecule has 42 heavy (non-hydrogen) atoms. The van der Waals surface area contributed by atoms with Crippen LogP contribution in [0.25, 0.3) is 0 Å². The Hall–Kier alpha value is -3.94. The fraction of sp³-hybridized carbons (Fsp3) is 0.344. The molecule has 2 amide bonds. The molecule has 0 fully saturated rings. The van der Waals surface area contributed by atoms with Crippen molar-refractivity contribution in [1.82, 2.24) is 10.6 Å². The van der Waals surface area contributed by atoms with Gasteiger partial charge in [-0.3, -0.25) is 9.36 Å². The largest absolute Gasteiger partial charge is 0.480 e. The standard InChI is InChI=1S/C32H39N2O7P/c1-23(2)18-27(30(35)33-28(31(36)37)19-24-12-6-3-7-13-24)22-42(39,40)29(20-25-14-8-4-9-15-25)34-32(38)41-21-26-16-10-5-11-17-26/h3-17,23,27-29H,18-22H2,1-2H3,(H,33,35)(H,34,38)(H,36,37)(H,39,40)/t27?,28-,29+/m0/s1. The number of amides is 2. The first-order chi connectivity index (χ1) is 20.0. The Morgan fingerprint density at radius 3 is 1.79 bits per heavy atom. The second kappa shape index (κ2) is 15.9. The molecule has 0 bridgehead atoms. The first kappa shape index (κ1) is 32.6. The predicted molar refractivity (Wildman–Crippen MR) is 161 cm³/mol. The summed E-state index contributed by atoms with van der Waals surface area (Å²) < 4.78 is 19.2. The number of alkyl carbamates (subject to hydrolysis) is 1. The van der Waals surface area contributed by atoms with Gasteiger partial charge in [0.15, 0.2) is 0 Å². The zero-order valence-electron chi connectivity index (χ0n) is 23.9. The first-order valence-electron chi connectivity index (χ1n) is 13.9. The normalized spacial score (nSPS) is 14.7. The number of hydrogen-bond acceptors (Lipinski definition) is 5. The molecular weight excluding hydrogens is 555 g/mol. The number of carboxylic acid groups (broad SMARTS) is 1. The van der Waals surface area contributed by atoms with Crippen LogP contribution in [0.15, 0.2) is 91.0 Å². The van der Waals surface area contributed by atoms with Crippen molar-refractivity contribution in [3.63, 3.8) is 0 Å². The molecule has 0 radical (unpaired) electrons. The molecule has 0 saturated carbocycles. The van der Waals surface area contributed by atoms with Gasteiger partial charge in [0, 0.05) is 24.9 Å². The Balaban J connectivity index is 1.78. The molecule has 0 heterocycles. The summed E-state index contributed by atoms with van der Waals surface area (Å²) >= 11 is 0. The molecule has 3 aromatic rings. The zero-order valence-corrected chi connectivity index (χ0v) is 24.8. The van der Waals surface area contributed by atoms with Gasteiger partial charge < -0.3 is 25.4 Å². The maximum absolute atomic E-state index is 13.9. The molecule has 3 rings (SSSR count). The van der Waals surface area contributed by atoms with Gasteiger partial charge in [0.05, 0.1) is 0 Å². The highest BCUT2D eigenvalue weighted by Crippen LogP contribution is 2.49. The van der Waals surface area contributed by atoms with Crippen LogP contribution in [-0.2, 0) is 38.3 Å². The summed E-state index contributed by atoms with van der Waals surface area (Å²) in [5.41, 5.74) is 2.22. The van der Waals surface area contributed by atoms with Crippen LogP contribution < -0.4 is 10.6 Å². The van der Waals surface area contributed by atoms with Crippen molar-refractivity contribution in [2.24, 2.45) is 11.8 Å². The molecule has 10 heteroatoms. The van der Waals surface area contributed by atoms with E-state index in [-0.39, 0.29) is 31.8 Å². The van der Waals surface area contributed by atoms with Crippen molar-refractivity contribution in [2.45, 2.75) is 51.5 Å². The highest BCUT2D eigenvalue weighted by Gasteiger charge is 2.38. The fourth-order valence-electron chi connectivity index (χ4n) is 4.65. The minimum atomic E-state index is -4.24. The van der Waals surface area contributed by atoms with Crippen LogP contribution >= 0.6 is 7.37 Å². The van der Waals surface area contributed by atoms with Crippen molar-refractivity contribution in [2.75, 3.05) is 6.16 Å². The molecule has 9 nitrogen and oxygen atoms in total. The monoisotopic (exact) mass is 594 g/mol. The first-order valence-corrected chi connectivity index (χ1v) is 15.8. The number of aliphatic carboxylic acids is 1. The summed E-state index contributed by atoms with van der Waals surface area (Å²) in [7, 11) is -4.24. The summed E-state index contributed by atoms with van der Waals surface area (Å²) in [5.74, 6) is -4.03. The number of hydrogen-bond donors (Lipinski definition) is 4. The van der Waals surface area contributed by atoms with Gasteiger partial charge in [0.2, 0.25) is 13.3 Å². The molecule has 0 spiro atoms. The number of benzene rings is 3. The van der Waals surface area contributed by atoms with Crippen LogP contribution in [0.4, 0.5) is 4.79 Å². The van der Waals surface area contributed by atoms with Crippen molar-refractivity contribution < 1.29 is 33.7 Å². The number of carbonyl (C=O) groups excluding carboxylic acids is 2. The lowest BCUT2D eigenvalue weighted by Crippen LogP contribution is -2.46. The molecule has 0 aliphatic heterocycles. The highest BCUT2D eigenvalue weighted by molar-refractivity contribution is 7.58. The Labute approximate surface area is 246 Å². The number of nitrogens with one attached hydrogen (secondary N) is 2. The molecule has 0 aliphatic carbocycles. The average molecular weight is 595 g/mol. The SMILES string of the molecule is CC(C)CC(CP(=O)(O)[C@H](Cc1ccccc1)NC(=O)OCc1ccccc1)C(=O)N[C@@H](Cc1ccccc1)C(=O)O. The lowest BCUT2D eigenvalue weighted by molar-refractivity contribution is -0.142. The Kier molecular flexibility index (Phi) is 12.3. The second-order valence-electron chi connectivity index (χ2n) is 10.8. The summed E-state index contributed by atoms with van der Waals surface area (Å²) in [6, 6.07) is 25.7. The summed E-state index contributed by atoms with van der Waals surface area (Å²) in [6.07, 6.45) is -0.932. The molecule has 4 N–H and O–H groups in total. The van der Waals surface area contributed by atoms with Crippen LogP contribution in [0.2, 0.25) is 0 Å². The van der Waals surface area contributed by atoms with Gasteiger partial charge in [0.1, 0.15) is 18.4 Å². The quantitative estimate of drug-likeness (QED) is 0.177. The molecule has 4 atom stereocenters. The van der Waals surface area contributed by atoms with E-state index < -0.39 is 49.2 Å². The van der Waals surface area contributed by atoms with Gasteiger partial charge in [-0.15, -0.1) is 0 Å². The van der Waals surface area contributed by atoms with Crippen molar-refractivity contribution in [3.8, 4) is 0 Å². The molecular formula is C32H39N2O7P. The van der Waals surface area contributed by atoms with Crippen LogP contribution in [0.3, 0.4) is 0 Å². The van der Waals surface area contributed by atoms with Gasteiger partial charge >= 0.3 is 12.1 Å². The number of carbonyl (C=O) groups is 3. The Morgan fingerprint density at radius 1 is 0.786 bits per heavy atom. The van der Waals surface area contributed by atoms with E-state index in [1.807, 2.05) is 44.2 Å². The lowest BCUT2D eigenvalue weighted by atomic mass is 9.97. The topological polar surface area (TPSA) is 142 Å². The van der Waals surface area contributed by atoms with E-state index in [9.17, 15) is 28.9 Å². The van der Waals surface area contributed by atoms with Crippen molar-refractivity contribution >= 4 is 25.3 Å². The van der Waals surface area contributed by atoms with Crippen molar-refractivity contribution in [1.29, 1.82) is 0 Å².